The molecule has 5 heteroatoms. The fourth-order valence-electron chi connectivity index (χ4n) is 1.91. The maximum Gasteiger partial charge on any atom is 0.152 e. The quantitative estimate of drug-likeness (QED) is 0.733. The summed E-state index contributed by atoms with van der Waals surface area (Å²) in [6.45, 7) is 2.73. The Balaban J connectivity index is 2.23. The molecule has 2 N–H and O–H groups in total. The zero-order valence-electron chi connectivity index (χ0n) is 10.0. The summed E-state index contributed by atoms with van der Waals surface area (Å²) in [6.07, 6.45) is 4.18. The molecular weight excluding hydrogens is 226 g/mol. The number of nitrogens with two attached hydrogens (primary N) is 1. The molecule has 0 aliphatic carbocycles. The second-order valence-electron chi connectivity index (χ2n) is 4.56. The molecule has 0 aromatic rings. The normalized spacial score (nSPS) is 23.5. The minimum Gasteiger partial charge on any atom is -0.377 e. The molecule has 0 radical (unpaired) electrons. The molecular formula is C11H23NO3S. The van der Waals surface area contributed by atoms with E-state index in [2.05, 4.69) is 0 Å². The molecule has 2 unspecified atom stereocenters. The lowest BCUT2D eigenvalue weighted by atomic mass is 10.1. The van der Waals surface area contributed by atoms with Gasteiger partial charge in [-0.05, 0) is 32.1 Å². The minimum absolute atomic E-state index is 0.0650. The van der Waals surface area contributed by atoms with Gasteiger partial charge in [0.2, 0.25) is 0 Å². The number of ether oxygens (including phenoxy) is 1. The molecule has 2 atom stereocenters. The van der Waals surface area contributed by atoms with Crippen LogP contribution in [0.3, 0.4) is 0 Å². The van der Waals surface area contributed by atoms with Crippen molar-refractivity contribution in [2.45, 2.75) is 51.2 Å². The van der Waals surface area contributed by atoms with Crippen LogP contribution in [0.5, 0.6) is 0 Å². The SMILES string of the molecule is CCC(N)CCCS(=O)(=O)CC1CCCO1. The van der Waals surface area contributed by atoms with E-state index in [1.165, 1.54) is 0 Å². The van der Waals surface area contributed by atoms with Crippen molar-refractivity contribution in [3.8, 4) is 0 Å². The third kappa shape index (κ3) is 5.27. The number of hydrogen-bond donors (Lipinski definition) is 1. The van der Waals surface area contributed by atoms with Crippen molar-refractivity contribution in [1.82, 2.24) is 0 Å². The third-order valence-electron chi connectivity index (χ3n) is 3.02. The zero-order valence-corrected chi connectivity index (χ0v) is 10.8. The van der Waals surface area contributed by atoms with Crippen LogP contribution in [-0.4, -0.2) is 38.7 Å². The first-order valence-corrected chi connectivity index (χ1v) is 7.93. The molecule has 1 saturated heterocycles. The highest BCUT2D eigenvalue weighted by Gasteiger charge is 2.22. The van der Waals surface area contributed by atoms with Crippen LogP contribution >= 0.6 is 0 Å². The van der Waals surface area contributed by atoms with E-state index >= 15 is 0 Å². The lowest BCUT2D eigenvalue weighted by Gasteiger charge is -2.11. The number of sulfone groups is 1. The van der Waals surface area contributed by atoms with Gasteiger partial charge in [0, 0.05) is 12.6 Å². The summed E-state index contributed by atoms with van der Waals surface area (Å²) < 4.78 is 28.8. The molecule has 4 nitrogen and oxygen atoms in total. The second-order valence-corrected chi connectivity index (χ2v) is 6.79. The number of rotatable bonds is 7. The Morgan fingerprint density at radius 1 is 1.50 bits per heavy atom. The molecule has 1 aliphatic rings. The van der Waals surface area contributed by atoms with Gasteiger partial charge in [-0.25, -0.2) is 8.42 Å². The lowest BCUT2D eigenvalue weighted by Crippen LogP contribution is -2.24. The molecule has 1 heterocycles. The van der Waals surface area contributed by atoms with Gasteiger partial charge in [0.15, 0.2) is 9.84 Å². The van der Waals surface area contributed by atoms with Crippen molar-refractivity contribution in [2.24, 2.45) is 5.73 Å². The summed E-state index contributed by atoms with van der Waals surface area (Å²) in [5.41, 5.74) is 5.75. The van der Waals surface area contributed by atoms with Gasteiger partial charge >= 0.3 is 0 Å². The molecule has 16 heavy (non-hydrogen) atoms. The zero-order chi connectivity index (χ0) is 12.0. The van der Waals surface area contributed by atoms with Gasteiger partial charge in [0.25, 0.3) is 0 Å². The third-order valence-corrected chi connectivity index (χ3v) is 4.81. The maximum absolute atomic E-state index is 11.7. The van der Waals surface area contributed by atoms with Gasteiger partial charge < -0.3 is 10.5 Å². The minimum atomic E-state index is -2.95. The molecule has 0 aromatic carbocycles. The van der Waals surface area contributed by atoms with Crippen molar-refractivity contribution < 1.29 is 13.2 Å². The highest BCUT2D eigenvalue weighted by molar-refractivity contribution is 7.91. The fourth-order valence-corrected chi connectivity index (χ4v) is 3.51. The van der Waals surface area contributed by atoms with E-state index in [1.54, 1.807) is 0 Å². The van der Waals surface area contributed by atoms with E-state index in [1.807, 2.05) is 6.92 Å². The van der Waals surface area contributed by atoms with E-state index in [4.69, 9.17) is 10.5 Å². The van der Waals surface area contributed by atoms with Crippen LogP contribution in [0.4, 0.5) is 0 Å². The number of hydrogen-bond acceptors (Lipinski definition) is 4. The fraction of sp³-hybridized carbons (Fsp3) is 1.00. The molecule has 1 fully saturated rings. The summed E-state index contributed by atoms with van der Waals surface area (Å²) in [6, 6.07) is 0.137. The predicted octanol–water partition coefficient (Wildman–Crippen LogP) is 1.10. The van der Waals surface area contributed by atoms with Crippen LogP contribution in [-0.2, 0) is 14.6 Å². The smallest absolute Gasteiger partial charge is 0.152 e. The Bertz CT molecular complexity index is 284. The average molecular weight is 249 g/mol. The summed E-state index contributed by atoms with van der Waals surface area (Å²) in [5.74, 6) is 0.439. The van der Waals surface area contributed by atoms with Crippen molar-refractivity contribution >= 4 is 9.84 Å². The summed E-state index contributed by atoms with van der Waals surface area (Å²) >= 11 is 0. The van der Waals surface area contributed by atoms with Crippen LogP contribution in [0.2, 0.25) is 0 Å². The molecule has 1 aliphatic heterocycles. The average Bonchev–Trinajstić information content (AvgIpc) is 2.69. The first-order chi connectivity index (χ1) is 7.53. The Labute approximate surface area is 98.5 Å². The summed E-state index contributed by atoms with van der Waals surface area (Å²) in [5, 5.41) is 0. The van der Waals surface area contributed by atoms with Crippen molar-refractivity contribution in [3.05, 3.63) is 0 Å². The molecule has 0 bridgehead atoms. The predicted molar refractivity (Wildman–Crippen MR) is 65.1 cm³/mol. The molecule has 0 saturated carbocycles. The van der Waals surface area contributed by atoms with Crippen molar-refractivity contribution in [1.29, 1.82) is 0 Å². The lowest BCUT2D eigenvalue weighted by molar-refractivity contribution is 0.127. The van der Waals surface area contributed by atoms with Gasteiger partial charge in [-0.1, -0.05) is 6.92 Å². The Kier molecular flexibility index (Phi) is 5.72. The van der Waals surface area contributed by atoms with Crippen LogP contribution in [0, 0.1) is 0 Å². The maximum atomic E-state index is 11.7. The highest BCUT2D eigenvalue weighted by atomic mass is 32.2. The molecule has 1 rings (SSSR count). The van der Waals surface area contributed by atoms with E-state index < -0.39 is 9.84 Å². The van der Waals surface area contributed by atoms with Crippen LogP contribution in [0.25, 0.3) is 0 Å². The molecule has 0 amide bonds. The van der Waals surface area contributed by atoms with E-state index in [-0.39, 0.29) is 23.7 Å². The molecule has 0 spiro atoms. The largest absolute Gasteiger partial charge is 0.377 e. The van der Waals surface area contributed by atoms with E-state index in [0.29, 0.717) is 13.0 Å². The first kappa shape index (κ1) is 13.9. The van der Waals surface area contributed by atoms with Crippen LogP contribution in [0.15, 0.2) is 0 Å². The van der Waals surface area contributed by atoms with Crippen LogP contribution < -0.4 is 5.73 Å². The topological polar surface area (TPSA) is 69.4 Å². The van der Waals surface area contributed by atoms with Gasteiger partial charge in [0.1, 0.15) is 0 Å². The van der Waals surface area contributed by atoms with Gasteiger partial charge in [-0.2, -0.15) is 0 Å². The highest BCUT2D eigenvalue weighted by Crippen LogP contribution is 2.15. The summed E-state index contributed by atoms with van der Waals surface area (Å²) in [7, 11) is -2.95. The first-order valence-electron chi connectivity index (χ1n) is 6.11. The van der Waals surface area contributed by atoms with Crippen molar-refractivity contribution in [3.63, 3.8) is 0 Å². The molecule has 96 valence electrons. The van der Waals surface area contributed by atoms with Gasteiger partial charge in [0.05, 0.1) is 17.6 Å². The monoisotopic (exact) mass is 249 g/mol. The van der Waals surface area contributed by atoms with Crippen molar-refractivity contribution in [2.75, 3.05) is 18.1 Å². The second kappa shape index (κ2) is 6.57. The Morgan fingerprint density at radius 2 is 2.25 bits per heavy atom. The molecule has 0 aromatic heterocycles. The van der Waals surface area contributed by atoms with E-state index in [9.17, 15) is 8.42 Å². The van der Waals surface area contributed by atoms with Crippen LogP contribution in [0.1, 0.15) is 39.0 Å². The Morgan fingerprint density at radius 3 is 2.81 bits per heavy atom. The standard InChI is InChI=1S/C11H23NO3S/c1-2-10(12)5-4-8-16(13,14)9-11-6-3-7-15-11/h10-11H,2-9,12H2,1H3. The Hall–Kier alpha value is -0.130. The van der Waals surface area contributed by atoms with E-state index in [0.717, 1.165) is 25.7 Å². The van der Waals surface area contributed by atoms with Gasteiger partial charge in [-0.3, -0.25) is 0 Å². The van der Waals surface area contributed by atoms with Gasteiger partial charge in [-0.15, -0.1) is 0 Å². The summed E-state index contributed by atoms with van der Waals surface area (Å²) in [4.78, 5) is 0.